The molecule has 1 fully saturated rings. The van der Waals surface area contributed by atoms with Crippen molar-refractivity contribution in [3.63, 3.8) is 0 Å². The molecule has 0 bridgehead atoms. The molecule has 1 aromatic rings. The summed E-state index contributed by atoms with van der Waals surface area (Å²) in [6, 6.07) is 5.60. The minimum Gasteiger partial charge on any atom is -0.497 e. The van der Waals surface area contributed by atoms with E-state index in [1.54, 1.807) is 7.11 Å². The summed E-state index contributed by atoms with van der Waals surface area (Å²) in [6.45, 7) is 3.98. The predicted octanol–water partition coefficient (Wildman–Crippen LogP) is 3.06. The highest BCUT2D eigenvalue weighted by Gasteiger charge is 2.16. The molecule has 0 spiro atoms. The van der Waals surface area contributed by atoms with Gasteiger partial charge in [0, 0.05) is 18.8 Å². The van der Waals surface area contributed by atoms with Gasteiger partial charge in [0.05, 0.1) is 12.9 Å². The fourth-order valence-corrected chi connectivity index (χ4v) is 3.26. The summed E-state index contributed by atoms with van der Waals surface area (Å²) in [5.74, 6) is 1.10. The van der Waals surface area contributed by atoms with Crippen LogP contribution in [0.5, 0.6) is 5.75 Å². The van der Waals surface area contributed by atoms with E-state index >= 15 is 0 Å². The number of carbonyl (C=O) groups is 1. The zero-order valence-electron chi connectivity index (χ0n) is 12.3. The SMILES string of the molecule is COc1ccc(NC(=O)CSC(=S)N2CCCC2)c(C)c1. The molecule has 0 atom stereocenters. The maximum atomic E-state index is 12.0. The van der Waals surface area contributed by atoms with Crippen molar-refractivity contribution >= 4 is 39.9 Å². The van der Waals surface area contributed by atoms with Gasteiger partial charge in [-0.05, 0) is 43.5 Å². The van der Waals surface area contributed by atoms with Gasteiger partial charge in [0.15, 0.2) is 0 Å². The Labute approximate surface area is 135 Å². The van der Waals surface area contributed by atoms with Crippen LogP contribution in [0.15, 0.2) is 18.2 Å². The first kappa shape index (κ1) is 16.1. The van der Waals surface area contributed by atoms with Gasteiger partial charge in [0.1, 0.15) is 10.1 Å². The van der Waals surface area contributed by atoms with Crippen molar-refractivity contribution in [3.8, 4) is 5.75 Å². The molecular weight excluding hydrogens is 304 g/mol. The second-order valence-electron chi connectivity index (χ2n) is 4.98. The average Bonchev–Trinajstić information content (AvgIpc) is 3.01. The molecule has 6 heteroatoms. The Balaban J connectivity index is 1.82. The number of aryl methyl sites for hydroxylation is 1. The van der Waals surface area contributed by atoms with Crippen LogP contribution in [0.4, 0.5) is 5.69 Å². The maximum absolute atomic E-state index is 12.0. The van der Waals surface area contributed by atoms with E-state index in [9.17, 15) is 4.79 Å². The summed E-state index contributed by atoms with van der Waals surface area (Å²) in [4.78, 5) is 14.2. The van der Waals surface area contributed by atoms with Gasteiger partial charge in [-0.2, -0.15) is 0 Å². The summed E-state index contributed by atoms with van der Waals surface area (Å²) in [5.41, 5.74) is 1.79. The molecule has 1 aromatic carbocycles. The Morgan fingerprint density at radius 1 is 1.43 bits per heavy atom. The van der Waals surface area contributed by atoms with Crippen molar-refractivity contribution in [1.29, 1.82) is 0 Å². The third-order valence-corrected chi connectivity index (χ3v) is 4.92. The van der Waals surface area contributed by atoms with E-state index in [-0.39, 0.29) is 5.91 Å². The van der Waals surface area contributed by atoms with Crippen molar-refractivity contribution in [3.05, 3.63) is 23.8 Å². The molecule has 4 nitrogen and oxygen atoms in total. The van der Waals surface area contributed by atoms with Crippen molar-refractivity contribution in [1.82, 2.24) is 4.90 Å². The number of carbonyl (C=O) groups excluding carboxylic acids is 1. The molecule has 1 aliphatic heterocycles. The van der Waals surface area contributed by atoms with Crippen molar-refractivity contribution in [2.45, 2.75) is 19.8 Å². The molecule has 0 unspecified atom stereocenters. The normalized spacial score (nSPS) is 14.1. The summed E-state index contributed by atoms with van der Waals surface area (Å²) in [5, 5.41) is 2.91. The number of nitrogens with one attached hydrogen (secondary N) is 1. The van der Waals surface area contributed by atoms with Gasteiger partial charge in [-0.3, -0.25) is 4.79 Å². The predicted molar refractivity (Wildman–Crippen MR) is 92.2 cm³/mol. The summed E-state index contributed by atoms with van der Waals surface area (Å²) >= 11 is 6.78. The van der Waals surface area contributed by atoms with Gasteiger partial charge in [0.25, 0.3) is 0 Å². The van der Waals surface area contributed by atoms with Crippen LogP contribution in [0.1, 0.15) is 18.4 Å². The Bertz CT molecular complexity index is 528. The third kappa shape index (κ3) is 4.61. The highest BCUT2D eigenvalue weighted by Crippen LogP contribution is 2.22. The number of thiocarbonyl (C=S) groups is 1. The van der Waals surface area contributed by atoms with Crippen LogP contribution in [0.2, 0.25) is 0 Å². The van der Waals surface area contributed by atoms with Crippen molar-refractivity contribution in [2.75, 3.05) is 31.3 Å². The van der Waals surface area contributed by atoms with E-state index in [4.69, 9.17) is 17.0 Å². The molecule has 1 heterocycles. The molecule has 2 rings (SSSR count). The molecule has 1 aliphatic rings. The Morgan fingerprint density at radius 2 is 2.14 bits per heavy atom. The number of rotatable bonds is 4. The molecule has 1 amide bonds. The van der Waals surface area contributed by atoms with Crippen LogP contribution < -0.4 is 10.1 Å². The minimum atomic E-state index is -0.0326. The lowest BCUT2D eigenvalue weighted by Gasteiger charge is -2.17. The first-order valence-corrected chi connectivity index (χ1v) is 8.35. The number of hydrogen-bond acceptors (Lipinski definition) is 4. The minimum absolute atomic E-state index is 0.0326. The lowest BCUT2D eigenvalue weighted by Crippen LogP contribution is -2.25. The molecule has 21 heavy (non-hydrogen) atoms. The zero-order valence-corrected chi connectivity index (χ0v) is 14.0. The number of benzene rings is 1. The Hall–Kier alpha value is -1.27. The summed E-state index contributed by atoms with van der Waals surface area (Å²) < 4.78 is 5.98. The molecule has 0 aromatic heterocycles. The zero-order chi connectivity index (χ0) is 15.2. The van der Waals surface area contributed by atoms with Crippen molar-refractivity contribution < 1.29 is 9.53 Å². The molecule has 0 saturated carbocycles. The van der Waals surface area contributed by atoms with Gasteiger partial charge in [-0.1, -0.05) is 24.0 Å². The molecule has 1 N–H and O–H groups in total. The van der Waals surface area contributed by atoms with Gasteiger partial charge < -0.3 is 15.0 Å². The number of anilines is 1. The van der Waals surface area contributed by atoms with Crippen LogP contribution in [-0.2, 0) is 4.79 Å². The Morgan fingerprint density at radius 3 is 2.76 bits per heavy atom. The van der Waals surface area contributed by atoms with E-state index in [1.165, 1.54) is 24.6 Å². The van der Waals surface area contributed by atoms with Crippen LogP contribution in [0.25, 0.3) is 0 Å². The van der Waals surface area contributed by atoms with E-state index in [0.29, 0.717) is 5.75 Å². The maximum Gasteiger partial charge on any atom is 0.234 e. The fourth-order valence-electron chi connectivity index (χ4n) is 2.21. The number of likely N-dealkylation sites (tertiary alicyclic amines) is 1. The molecule has 0 radical (unpaired) electrons. The largest absolute Gasteiger partial charge is 0.497 e. The van der Waals surface area contributed by atoms with Gasteiger partial charge in [-0.15, -0.1) is 0 Å². The lowest BCUT2D eigenvalue weighted by molar-refractivity contribution is -0.113. The van der Waals surface area contributed by atoms with E-state index in [0.717, 1.165) is 34.4 Å². The first-order chi connectivity index (χ1) is 10.1. The van der Waals surface area contributed by atoms with E-state index < -0.39 is 0 Å². The molecule has 114 valence electrons. The number of thioether (sulfide) groups is 1. The van der Waals surface area contributed by atoms with Gasteiger partial charge in [0.2, 0.25) is 5.91 Å². The summed E-state index contributed by atoms with van der Waals surface area (Å²) in [7, 11) is 1.63. The van der Waals surface area contributed by atoms with E-state index in [1.807, 2.05) is 25.1 Å². The lowest BCUT2D eigenvalue weighted by atomic mass is 10.2. The second kappa shape index (κ2) is 7.66. The number of amides is 1. The monoisotopic (exact) mass is 324 g/mol. The highest BCUT2D eigenvalue weighted by molar-refractivity contribution is 8.23. The number of ether oxygens (including phenoxy) is 1. The molecule has 1 saturated heterocycles. The molecule has 0 aliphatic carbocycles. The number of methoxy groups -OCH3 is 1. The Kier molecular flexibility index (Phi) is 5.87. The van der Waals surface area contributed by atoms with Crippen LogP contribution >= 0.6 is 24.0 Å². The van der Waals surface area contributed by atoms with Crippen LogP contribution in [0, 0.1) is 6.92 Å². The van der Waals surface area contributed by atoms with Crippen molar-refractivity contribution in [2.24, 2.45) is 0 Å². The topological polar surface area (TPSA) is 41.6 Å². The second-order valence-corrected chi connectivity index (χ2v) is 6.59. The fraction of sp³-hybridized carbons (Fsp3) is 0.467. The van der Waals surface area contributed by atoms with Gasteiger partial charge >= 0.3 is 0 Å². The quantitative estimate of drug-likeness (QED) is 0.862. The number of hydrogen-bond donors (Lipinski definition) is 1. The average molecular weight is 324 g/mol. The molecular formula is C15H20N2O2S2. The van der Waals surface area contributed by atoms with Crippen LogP contribution in [0.3, 0.4) is 0 Å². The van der Waals surface area contributed by atoms with Crippen LogP contribution in [-0.4, -0.2) is 41.1 Å². The summed E-state index contributed by atoms with van der Waals surface area (Å²) in [6.07, 6.45) is 2.38. The highest BCUT2D eigenvalue weighted by atomic mass is 32.2. The third-order valence-electron chi connectivity index (χ3n) is 3.40. The van der Waals surface area contributed by atoms with Gasteiger partial charge in [-0.25, -0.2) is 0 Å². The standard InChI is InChI=1S/C15H20N2O2S2/c1-11-9-12(19-2)5-6-13(11)16-14(18)10-21-15(20)17-7-3-4-8-17/h5-6,9H,3-4,7-8,10H2,1-2H3,(H,16,18). The number of nitrogens with zero attached hydrogens (tertiary/aromatic N) is 1. The van der Waals surface area contributed by atoms with E-state index in [2.05, 4.69) is 10.2 Å². The first-order valence-electron chi connectivity index (χ1n) is 6.96. The smallest absolute Gasteiger partial charge is 0.234 e.